The molecule has 0 bridgehead atoms. The fraction of sp³-hybridized carbons (Fsp3) is 0.682. The highest BCUT2D eigenvalue weighted by atomic mass is 32.2. The summed E-state index contributed by atoms with van der Waals surface area (Å²) in [7, 11) is 0. The predicted octanol–water partition coefficient (Wildman–Crippen LogP) is 6.58. The van der Waals surface area contributed by atoms with Crippen molar-refractivity contribution in [3.05, 3.63) is 35.9 Å². The Kier molecular flexibility index (Phi) is 12.6. The van der Waals surface area contributed by atoms with E-state index in [1.807, 2.05) is 30.0 Å². The van der Waals surface area contributed by atoms with E-state index in [9.17, 15) is 4.79 Å². The van der Waals surface area contributed by atoms with Crippen LogP contribution in [0.25, 0.3) is 0 Å². The van der Waals surface area contributed by atoms with Crippen LogP contribution in [0.3, 0.4) is 0 Å². The second-order valence-corrected chi connectivity index (χ2v) is 8.45. The monoisotopic (exact) mass is 364 g/mol. The molecule has 0 saturated heterocycles. The summed E-state index contributed by atoms with van der Waals surface area (Å²) in [6.45, 7) is 4.59. The van der Waals surface area contributed by atoms with Crippen molar-refractivity contribution in [2.24, 2.45) is 5.92 Å². The number of benzene rings is 1. The van der Waals surface area contributed by atoms with E-state index in [0.717, 1.165) is 18.1 Å². The maximum Gasteiger partial charge on any atom is 0.304 e. The number of aliphatic carboxylic acids is 1. The molecule has 1 aromatic rings. The average Bonchev–Trinajstić information content (AvgIpc) is 2.60. The van der Waals surface area contributed by atoms with Crippen LogP contribution in [-0.2, 0) is 11.2 Å². The second kappa shape index (κ2) is 14.2. The first-order chi connectivity index (χ1) is 12.2. The van der Waals surface area contributed by atoms with Crippen molar-refractivity contribution in [3.63, 3.8) is 0 Å². The Morgan fingerprint density at radius 3 is 2.40 bits per heavy atom. The Bertz CT molecular complexity index is 447. The van der Waals surface area contributed by atoms with Gasteiger partial charge in [0.15, 0.2) is 0 Å². The molecule has 0 aliphatic rings. The Balaban J connectivity index is 2.22. The van der Waals surface area contributed by atoms with E-state index in [1.165, 1.54) is 56.9 Å². The lowest BCUT2D eigenvalue weighted by Gasteiger charge is -2.16. The van der Waals surface area contributed by atoms with E-state index in [1.54, 1.807) is 0 Å². The van der Waals surface area contributed by atoms with E-state index >= 15 is 0 Å². The van der Waals surface area contributed by atoms with Gasteiger partial charge in [-0.25, -0.2) is 0 Å². The number of rotatable bonds is 15. The molecule has 25 heavy (non-hydrogen) atoms. The summed E-state index contributed by atoms with van der Waals surface area (Å²) in [5.74, 6) is 1.30. The third-order valence-corrected chi connectivity index (χ3v) is 6.19. The molecule has 2 nitrogen and oxygen atoms in total. The molecule has 0 radical (unpaired) electrons. The molecule has 2 unspecified atom stereocenters. The summed E-state index contributed by atoms with van der Waals surface area (Å²) >= 11 is 1.84. The van der Waals surface area contributed by atoms with Crippen molar-refractivity contribution >= 4 is 17.7 Å². The highest BCUT2D eigenvalue weighted by Crippen LogP contribution is 2.23. The molecule has 0 spiro atoms. The molecule has 1 rings (SSSR count). The molecule has 0 aliphatic carbocycles. The first-order valence-corrected chi connectivity index (χ1v) is 11.1. The van der Waals surface area contributed by atoms with Crippen LogP contribution in [-0.4, -0.2) is 22.1 Å². The van der Waals surface area contributed by atoms with Crippen molar-refractivity contribution in [1.29, 1.82) is 0 Å². The molecule has 0 amide bonds. The molecule has 0 fully saturated rings. The zero-order valence-corrected chi connectivity index (χ0v) is 16.9. The van der Waals surface area contributed by atoms with Crippen LogP contribution in [0.1, 0.15) is 77.2 Å². The Labute approximate surface area is 158 Å². The lowest BCUT2D eigenvalue weighted by Crippen LogP contribution is -2.13. The van der Waals surface area contributed by atoms with E-state index in [2.05, 4.69) is 26.0 Å². The molecule has 1 aromatic carbocycles. The fourth-order valence-corrected chi connectivity index (χ4v) is 4.54. The van der Waals surface area contributed by atoms with Crippen LogP contribution >= 0.6 is 11.8 Å². The van der Waals surface area contributed by atoms with Gasteiger partial charge < -0.3 is 5.11 Å². The van der Waals surface area contributed by atoms with Crippen LogP contribution in [0, 0.1) is 5.92 Å². The van der Waals surface area contributed by atoms with E-state index in [-0.39, 0.29) is 11.7 Å². The zero-order valence-electron chi connectivity index (χ0n) is 16.1. The van der Waals surface area contributed by atoms with Crippen LogP contribution < -0.4 is 0 Å². The molecule has 2 atom stereocenters. The molecule has 1 N–H and O–H groups in total. The van der Waals surface area contributed by atoms with Crippen LogP contribution in [0.5, 0.6) is 0 Å². The molecular weight excluding hydrogens is 328 g/mol. The lowest BCUT2D eigenvalue weighted by molar-refractivity contribution is -0.136. The third kappa shape index (κ3) is 11.3. The van der Waals surface area contributed by atoms with Gasteiger partial charge in [0.2, 0.25) is 0 Å². The van der Waals surface area contributed by atoms with E-state index in [0.29, 0.717) is 0 Å². The lowest BCUT2D eigenvalue weighted by atomic mass is 9.93. The second-order valence-electron chi connectivity index (χ2n) is 7.05. The number of carboxylic acids is 1. The van der Waals surface area contributed by atoms with Crippen LogP contribution in [0.15, 0.2) is 30.3 Å². The molecule has 0 saturated carbocycles. The van der Waals surface area contributed by atoms with Crippen LogP contribution in [0.2, 0.25) is 0 Å². The normalized spacial score (nSPS) is 13.5. The van der Waals surface area contributed by atoms with Gasteiger partial charge in [0, 0.05) is 5.25 Å². The predicted molar refractivity (Wildman–Crippen MR) is 110 cm³/mol. The van der Waals surface area contributed by atoms with E-state index in [4.69, 9.17) is 5.11 Å². The van der Waals surface area contributed by atoms with Gasteiger partial charge in [0.25, 0.3) is 0 Å². The van der Waals surface area contributed by atoms with Gasteiger partial charge in [-0.1, -0.05) is 89.1 Å². The summed E-state index contributed by atoms with van der Waals surface area (Å²) < 4.78 is 0. The topological polar surface area (TPSA) is 37.3 Å². The minimum atomic E-state index is -0.685. The third-order valence-electron chi connectivity index (χ3n) is 4.86. The number of thioether (sulfide) groups is 1. The number of hydrogen-bond donors (Lipinski definition) is 1. The molecule has 0 aromatic heterocycles. The molecular formula is C22H36O2S. The molecule has 0 aliphatic heterocycles. The largest absolute Gasteiger partial charge is 0.481 e. The Hall–Kier alpha value is -0.960. The standard InChI is InChI=1S/C22H36O2S/c1-3-5-12-19(4-2)13-10-7-11-16-25-21(18-22(23)24)17-20-14-8-6-9-15-20/h6,8-9,14-15,19,21H,3-5,7,10-13,16-18H2,1-2H3,(H,23,24). The van der Waals surface area contributed by atoms with Crippen molar-refractivity contribution < 1.29 is 9.90 Å². The zero-order chi connectivity index (χ0) is 18.3. The quantitative estimate of drug-likeness (QED) is 0.357. The van der Waals surface area contributed by atoms with Gasteiger partial charge in [-0.15, -0.1) is 0 Å². The summed E-state index contributed by atoms with van der Waals surface area (Å²) in [5.41, 5.74) is 1.24. The number of carbonyl (C=O) groups is 1. The summed E-state index contributed by atoms with van der Waals surface area (Å²) in [6, 6.07) is 10.3. The number of unbranched alkanes of at least 4 members (excludes halogenated alkanes) is 3. The Morgan fingerprint density at radius 2 is 1.76 bits per heavy atom. The minimum absolute atomic E-state index is 0.188. The first kappa shape index (κ1) is 22.1. The summed E-state index contributed by atoms with van der Waals surface area (Å²) in [4.78, 5) is 11.1. The van der Waals surface area contributed by atoms with E-state index < -0.39 is 5.97 Å². The van der Waals surface area contributed by atoms with Gasteiger partial charge >= 0.3 is 5.97 Å². The Morgan fingerprint density at radius 1 is 1.04 bits per heavy atom. The highest BCUT2D eigenvalue weighted by Gasteiger charge is 2.14. The average molecular weight is 365 g/mol. The van der Waals surface area contributed by atoms with Gasteiger partial charge in [-0.3, -0.25) is 4.79 Å². The molecule has 3 heteroatoms. The SMILES string of the molecule is CCCCC(CC)CCCCCSC(CC(=O)O)Cc1ccccc1. The van der Waals surface area contributed by atoms with Gasteiger partial charge in [0.1, 0.15) is 0 Å². The van der Waals surface area contributed by atoms with Gasteiger partial charge in [-0.05, 0) is 30.1 Å². The van der Waals surface area contributed by atoms with Crippen molar-refractivity contribution in [2.75, 3.05) is 5.75 Å². The van der Waals surface area contributed by atoms with Crippen molar-refractivity contribution in [3.8, 4) is 0 Å². The molecule has 0 heterocycles. The smallest absolute Gasteiger partial charge is 0.304 e. The van der Waals surface area contributed by atoms with Crippen LogP contribution in [0.4, 0.5) is 0 Å². The van der Waals surface area contributed by atoms with Gasteiger partial charge in [-0.2, -0.15) is 11.8 Å². The molecule has 142 valence electrons. The number of hydrogen-bond acceptors (Lipinski definition) is 2. The van der Waals surface area contributed by atoms with Crippen molar-refractivity contribution in [2.45, 2.75) is 83.3 Å². The minimum Gasteiger partial charge on any atom is -0.481 e. The maximum atomic E-state index is 11.1. The van der Waals surface area contributed by atoms with Gasteiger partial charge in [0.05, 0.1) is 6.42 Å². The summed E-state index contributed by atoms with van der Waals surface area (Å²) in [5, 5.41) is 9.34. The summed E-state index contributed by atoms with van der Waals surface area (Å²) in [6.07, 6.45) is 11.7. The van der Waals surface area contributed by atoms with Crippen molar-refractivity contribution in [1.82, 2.24) is 0 Å². The highest BCUT2D eigenvalue weighted by molar-refractivity contribution is 7.99. The fourth-order valence-electron chi connectivity index (χ4n) is 3.27. The number of carboxylic acid groups (broad SMARTS) is 1. The maximum absolute atomic E-state index is 11.1. The first-order valence-electron chi connectivity index (χ1n) is 10.0.